The fourth-order valence-corrected chi connectivity index (χ4v) is 2.26. The van der Waals surface area contributed by atoms with Crippen LogP contribution >= 0.6 is 0 Å². The summed E-state index contributed by atoms with van der Waals surface area (Å²) >= 11 is 0. The molecule has 1 aromatic heterocycles. The molecule has 6 heteroatoms. The van der Waals surface area contributed by atoms with Crippen molar-refractivity contribution in [3.8, 4) is 11.4 Å². The second-order valence-electron chi connectivity index (χ2n) is 5.11. The van der Waals surface area contributed by atoms with Crippen LogP contribution in [0.1, 0.15) is 17.9 Å². The Bertz CT molecular complexity index is 615. The van der Waals surface area contributed by atoms with Gasteiger partial charge in [0.05, 0.1) is 12.5 Å². The molecule has 2 heterocycles. The standard InChI is InChI=1S/C15H17N3O3/c1-10-17-14(18-21-10)12-4-2-11(3-5-12)8-16-15(19)13-6-7-20-9-13/h2-5,13H,6-9H2,1H3,(H,16,19). The maximum atomic E-state index is 11.9. The normalized spacial score (nSPS) is 17.9. The topological polar surface area (TPSA) is 77.2 Å². The van der Waals surface area contributed by atoms with Crippen molar-refractivity contribution >= 4 is 5.91 Å². The zero-order chi connectivity index (χ0) is 14.7. The third-order valence-electron chi connectivity index (χ3n) is 3.51. The second-order valence-corrected chi connectivity index (χ2v) is 5.11. The number of rotatable bonds is 4. The van der Waals surface area contributed by atoms with E-state index in [-0.39, 0.29) is 11.8 Å². The largest absolute Gasteiger partial charge is 0.381 e. The minimum atomic E-state index is -0.00780. The van der Waals surface area contributed by atoms with E-state index >= 15 is 0 Å². The van der Waals surface area contributed by atoms with E-state index in [1.807, 2.05) is 24.3 Å². The molecule has 0 bridgehead atoms. The van der Waals surface area contributed by atoms with Gasteiger partial charge >= 0.3 is 0 Å². The molecule has 3 rings (SSSR count). The number of hydrogen-bond acceptors (Lipinski definition) is 5. The van der Waals surface area contributed by atoms with Crippen LogP contribution < -0.4 is 5.32 Å². The van der Waals surface area contributed by atoms with Crippen molar-refractivity contribution in [1.82, 2.24) is 15.5 Å². The first-order valence-corrected chi connectivity index (χ1v) is 6.97. The highest BCUT2D eigenvalue weighted by Gasteiger charge is 2.22. The number of aryl methyl sites for hydroxylation is 1. The molecule has 21 heavy (non-hydrogen) atoms. The molecular weight excluding hydrogens is 270 g/mol. The molecule has 1 saturated heterocycles. The second kappa shape index (κ2) is 6.05. The van der Waals surface area contributed by atoms with Crippen molar-refractivity contribution in [3.05, 3.63) is 35.7 Å². The fourth-order valence-electron chi connectivity index (χ4n) is 2.26. The van der Waals surface area contributed by atoms with Crippen LogP contribution in [0, 0.1) is 12.8 Å². The molecule has 110 valence electrons. The molecule has 0 saturated carbocycles. The Hall–Kier alpha value is -2.21. The molecule has 1 unspecified atom stereocenters. The van der Waals surface area contributed by atoms with Crippen LogP contribution in [-0.4, -0.2) is 29.3 Å². The quantitative estimate of drug-likeness (QED) is 0.926. The third kappa shape index (κ3) is 3.28. The fraction of sp³-hybridized carbons (Fsp3) is 0.400. The molecule has 0 spiro atoms. The van der Waals surface area contributed by atoms with E-state index in [1.54, 1.807) is 6.92 Å². The summed E-state index contributed by atoms with van der Waals surface area (Å²) in [4.78, 5) is 16.1. The van der Waals surface area contributed by atoms with E-state index in [9.17, 15) is 4.79 Å². The van der Waals surface area contributed by atoms with Crippen LogP contribution in [0.5, 0.6) is 0 Å². The lowest BCUT2D eigenvalue weighted by molar-refractivity contribution is -0.125. The summed E-state index contributed by atoms with van der Waals surface area (Å²) in [5.41, 5.74) is 1.93. The Kier molecular flexibility index (Phi) is 3.96. The number of hydrogen-bond donors (Lipinski definition) is 1. The molecule has 1 fully saturated rings. The summed E-state index contributed by atoms with van der Waals surface area (Å²) in [6.45, 7) is 3.48. The number of carbonyl (C=O) groups excluding carboxylic acids is 1. The van der Waals surface area contributed by atoms with Gasteiger partial charge < -0.3 is 14.6 Å². The minimum Gasteiger partial charge on any atom is -0.381 e. The van der Waals surface area contributed by atoms with E-state index < -0.39 is 0 Å². The van der Waals surface area contributed by atoms with Crippen LogP contribution in [0.3, 0.4) is 0 Å². The van der Waals surface area contributed by atoms with Gasteiger partial charge in [-0.1, -0.05) is 29.4 Å². The van der Waals surface area contributed by atoms with Crippen LogP contribution in [0.15, 0.2) is 28.8 Å². The van der Waals surface area contributed by atoms with Gasteiger partial charge in [-0.3, -0.25) is 4.79 Å². The molecule has 1 atom stereocenters. The number of nitrogens with zero attached hydrogens (tertiary/aromatic N) is 2. The van der Waals surface area contributed by atoms with Gasteiger partial charge in [-0.05, 0) is 12.0 Å². The molecule has 2 aromatic rings. The van der Waals surface area contributed by atoms with Gasteiger partial charge in [0.15, 0.2) is 0 Å². The number of amides is 1. The molecule has 0 radical (unpaired) electrons. The Balaban J connectivity index is 1.58. The summed E-state index contributed by atoms with van der Waals surface area (Å²) in [5, 5.41) is 6.81. The first kappa shape index (κ1) is 13.8. The van der Waals surface area contributed by atoms with Crippen molar-refractivity contribution in [2.75, 3.05) is 13.2 Å². The van der Waals surface area contributed by atoms with Gasteiger partial charge in [-0.15, -0.1) is 0 Å². The lowest BCUT2D eigenvalue weighted by Crippen LogP contribution is -2.30. The van der Waals surface area contributed by atoms with Crippen molar-refractivity contribution < 1.29 is 14.1 Å². The van der Waals surface area contributed by atoms with Gasteiger partial charge in [0.1, 0.15) is 0 Å². The zero-order valence-electron chi connectivity index (χ0n) is 11.8. The predicted molar refractivity (Wildman–Crippen MR) is 75.2 cm³/mol. The lowest BCUT2D eigenvalue weighted by Gasteiger charge is -2.09. The summed E-state index contributed by atoms with van der Waals surface area (Å²) in [5.74, 6) is 1.17. The van der Waals surface area contributed by atoms with Crippen LogP contribution in [0.4, 0.5) is 0 Å². The number of carbonyl (C=O) groups is 1. The first-order chi connectivity index (χ1) is 10.2. The molecule has 1 aliphatic heterocycles. The van der Waals surface area contributed by atoms with E-state index in [4.69, 9.17) is 9.26 Å². The Labute approximate surface area is 122 Å². The monoisotopic (exact) mass is 287 g/mol. The average Bonchev–Trinajstić information content (AvgIpc) is 3.17. The van der Waals surface area contributed by atoms with E-state index in [2.05, 4.69) is 15.5 Å². The highest BCUT2D eigenvalue weighted by atomic mass is 16.5. The third-order valence-corrected chi connectivity index (χ3v) is 3.51. The SMILES string of the molecule is Cc1nc(-c2ccc(CNC(=O)C3CCOC3)cc2)no1. The van der Waals surface area contributed by atoms with Gasteiger partial charge in [0.25, 0.3) is 0 Å². The van der Waals surface area contributed by atoms with Crippen LogP contribution in [0.25, 0.3) is 11.4 Å². The molecule has 1 aliphatic rings. The number of ether oxygens (including phenoxy) is 1. The number of aromatic nitrogens is 2. The molecule has 1 N–H and O–H groups in total. The maximum Gasteiger partial charge on any atom is 0.225 e. The summed E-state index contributed by atoms with van der Waals surface area (Å²) in [7, 11) is 0. The highest BCUT2D eigenvalue weighted by molar-refractivity contribution is 5.79. The smallest absolute Gasteiger partial charge is 0.225 e. The summed E-state index contributed by atoms with van der Waals surface area (Å²) < 4.78 is 10.2. The van der Waals surface area contributed by atoms with Crippen molar-refractivity contribution in [1.29, 1.82) is 0 Å². The van der Waals surface area contributed by atoms with Gasteiger partial charge in [0.2, 0.25) is 17.6 Å². The van der Waals surface area contributed by atoms with Crippen molar-refractivity contribution in [3.63, 3.8) is 0 Å². The number of nitrogens with one attached hydrogen (secondary N) is 1. The Morgan fingerprint density at radius 2 is 2.19 bits per heavy atom. The Morgan fingerprint density at radius 3 is 2.81 bits per heavy atom. The maximum absolute atomic E-state index is 11.9. The van der Waals surface area contributed by atoms with E-state index in [1.165, 1.54) is 0 Å². The van der Waals surface area contributed by atoms with Gasteiger partial charge in [0, 0.05) is 25.6 Å². The Morgan fingerprint density at radius 1 is 1.38 bits per heavy atom. The van der Waals surface area contributed by atoms with E-state index in [0.717, 1.165) is 17.5 Å². The van der Waals surface area contributed by atoms with Crippen molar-refractivity contribution in [2.45, 2.75) is 19.9 Å². The highest BCUT2D eigenvalue weighted by Crippen LogP contribution is 2.17. The number of benzene rings is 1. The van der Waals surface area contributed by atoms with Crippen molar-refractivity contribution in [2.24, 2.45) is 5.92 Å². The summed E-state index contributed by atoms with van der Waals surface area (Å²) in [6, 6.07) is 7.74. The molecule has 1 amide bonds. The lowest BCUT2D eigenvalue weighted by atomic mass is 10.1. The van der Waals surface area contributed by atoms with Crippen LogP contribution in [0.2, 0.25) is 0 Å². The van der Waals surface area contributed by atoms with Crippen LogP contribution in [-0.2, 0) is 16.1 Å². The molecule has 1 aromatic carbocycles. The zero-order valence-corrected chi connectivity index (χ0v) is 11.8. The molecule has 6 nitrogen and oxygen atoms in total. The van der Waals surface area contributed by atoms with Gasteiger partial charge in [-0.2, -0.15) is 4.98 Å². The van der Waals surface area contributed by atoms with E-state index in [0.29, 0.717) is 31.5 Å². The minimum absolute atomic E-state index is 0.00780. The van der Waals surface area contributed by atoms with Gasteiger partial charge in [-0.25, -0.2) is 0 Å². The first-order valence-electron chi connectivity index (χ1n) is 6.97. The predicted octanol–water partition coefficient (Wildman–Crippen LogP) is 1.70. The summed E-state index contributed by atoms with van der Waals surface area (Å²) in [6.07, 6.45) is 0.807. The average molecular weight is 287 g/mol. The molecule has 0 aliphatic carbocycles. The molecular formula is C15H17N3O3.